The van der Waals surface area contributed by atoms with Gasteiger partial charge in [0.1, 0.15) is 0 Å². The molecule has 2 N–H and O–H groups in total. The van der Waals surface area contributed by atoms with Gasteiger partial charge in [0.25, 0.3) is 5.56 Å². The van der Waals surface area contributed by atoms with E-state index >= 15 is 0 Å². The third-order valence-corrected chi connectivity index (χ3v) is 5.25. The van der Waals surface area contributed by atoms with E-state index in [0.29, 0.717) is 44.8 Å². The lowest BCUT2D eigenvalue weighted by molar-refractivity contribution is 0.102. The molecule has 138 valence electrons. The molecule has 26 heavy (non-hydrogen) atoms. The number of aromatic hydroxyl groups is 1. The molecule has 1 aromatic carbocycles. The highest BCUT2D eigenvalue weighted by Crippen LogP contribution is 2.16. The van der Waals surface area contributed by atoms with Gasteiger partial charge in [-0.2, -0.15) is 0 Å². The predicted molar refractivity (Wildman–Crippen MR) is 106 cm³/mol. The number of benzene rings is 1. The van der Waals surface area contributed by atoms with Crippen LogP contribution in [0.5, 0.6) is 5.75 Å². The summed E-state index contributed by atoms with van der Waals surface area (Å²) >= 11 is 2.23. The van der Waals surface area contributed by atoms with Crippen LogP contribution in [-0.4, -0.2) is 56.9 Å². The first-order valence-electron chi connectivity index (χ1n) is 8.30. The molecule has 0 radical (unpaired) electrons. The number of carboxylic acid groups (broad SMARTS) is 1. The SMILES string of the molecule is O=C(O)N1CCN(Cc2ccn(Cc3ccc(I)cc3)c(=O)c2O)CC1. The van der Waals surface area contributed by atoms with E-state index in [1.54, 1.807) is 12.3 Å². The lowest BCUT2D eigenvalue weighted by Gasteiger charge is -2.33. The van der Waals surface area contributed by atoms with Gasteiger partial charge in [0.15, 0.2) is 5.75 Å². The van der Waals surface area contributed by atoms with E-state index in [2.05, 4.69) is 22.6 Å². The summed E-state index contributed by atoms with van der Waals surface area (Å²) in [7, 11) is 0. The number of hydrogen-bond acceptors (Lipinski definition) is 4. The fourth-order valence-corrected chi connectivity index (χ4v) is 3.34. The summed E-state index contributed by atoms with van der Waals surface area (Å²) < 4.78 is 2.61. The van der Waals surface area contributed by atoms with Crippen LogP contribution in [0.2, 0.25) is 0 Å². The van der Waals surface area contributed by atoms with Gasteiger partial charge in [-0.1, -0.05) is 12.1 Å². The van der Waals surface area contributed by atoms with Gasteiger partial charge in [0.2, 0.25) is 0 Å². The van der Waals surface area contributed by atoms with E-state index in [9.17, 15) is 14.7 Å². The maximum atomic E-state index is 12.5. The van der Waals surface area contributed by atoms with Crippen LogP contribution in [0.15, 0.2) is 41.3 Å². The Morgan fingerprint density at radius 3 is 2.31 bits per heavy atom. The quantitative estimate of drug-likeness (QED) is 0.670. The highest BCUT2D eigenvalue weighted by atomic mass is 127. The van der Waals surface area contributed by atoms with Crippen molar-refractivity contribution in [1.82, 2.24) is 14.4 Å². The van der Waals surface area contributed by atoms with Crippen molar-refractivity contribution in [3.8, 4) is 5.75 Å². The van der Waals surface area contributed by atoms with Crippen molar-refractivity contribution < 1.29 is 15.0 Å². The van der Waals surface area contributed by atoms with E-state index < -0.39 is 11.7 Å². The average molecular weight is 469 g/mol. The molecule has 2 heterocycles. The molecule has 3 rings (SSSR count). The number of aromatic nitrogens is 1. The highest BCUT2D eigenvalue weighted by Gasteiger charge is 2.21. The molecule has 0 bridgehead atoms. The second kappa shape index (κ2) is 8.09. The number of piperazine rings is 1. The summed E-state index contributed by atoms with van der Waals surface area (Å²) in [6.45, 7) is 2.86. The van der Waals surface area contributed by atoms with Crippen LogP contribution in [0.25, 0.3) is 0 Å². The fraction of sp³-hybridized carbons (Fsp3) is 0.333. The van der Waals surface area contributed by atoms with Crippen molar-refractivity contribution in [3.63, 3.8) is 0 Å². The molecule has 1 aromatic heterocycles. The van der Waals surface area contributed by atoms with Gasteiger partial charge in [0.05, 0.1) is 6.54 Å². The van der Waals surface area contributed by atoms with E-state index in [4.69, 9.17) is 5.11 Å². The van der Waals surface area contributed by atoms with Gasteiger partial charge in [-0.05, 0) is 46.4 Å². The van der Waals surface area contributed by atoms with E-state index in [1.807, 2.05) is 29.2 Å². The number of carbonyl (C=O) groups is 1. The van der Waals surface area contributed by atoms with Crippen molar-refractivity contribution in [1.29, 1.82) is 0 Å². The maximum absolute atomic E-state index is 12.5. The Kier molecular flexibility index (Phi) is 5.82. The lowest BCUT2D eigenvalue weighted by Crippen LogP contribution is -2.47. The molecule has 0 atom stereocenters. The zero-order valence-electron chi connectivity index (χ0n) is 14.1. The molecule has 1 saturated heterocycles. The fourth-order valence-electron chi connectivity index (χ4n) is 2.98. The molecule has 0 unspecified atom stereocenters. The summed E-state index contributed by atoms with van der Waals surface area (Å²) in [5, 5.41) is 19.3. The third kappa shape index (κ3) is 4.36. The molecule has 2 aromatic rings. The number of halogens is 1. The molecule has 1 fully saturated rings. The second-order valence-electron chi connectivity index (χ2n) is 6.29. The Morgan fingerprint density at radius 2 is 1.69 bits per heavy atom. The van der Waals surface area contributed by atoms with Crippen LogP contribution in [0, 0.1) is 3.57 Å². The summed E-state index contributed by atoms with van der Waals surface area (Å²) in [5.74, 6) is -0.237. The lowest BCUT2D eigenvalue weighted by atomic mass is 10.2. The molecule has 8 heteroatoms. The van der Waals surface area contributed by atoms with E-state index in [0.717, 1.165) is 9.13 Å². The molecule has 1 amide bonds. The Morgan fingerprint density at radius 1 is 1.04 bits per heavy atom. The normalized spacial score (nSPS) is 15.2. The minimum Gasteiger partial charge on any atom is -0.503 e. The van der Waals surface area contributed by atoms with Crippen LogP contribution in [0.3, 0.4) is 0 Å². The van der Waals surface area contributed by atoms with Crippen LogP contribution < -0.4 is 5.56 Å². The molecular weight excluding hydrogens is 449 g/mol. The maximum Gasteiger partial charge on any atom is 0.407 e. The number of pyridine rings is 1. The standard InChI is InChI=1S/C18H20IN3O4/c19-15-3-1-13(2-4-15)11-22-6-5-14(16(23)17(22)24)12-20-7-9-21(10-8-20)18(25)26/h1-6,23H,7-12H2,(H,25,26). The van der Waals surface area contributed by atoms with Gasteiger partial charge >= 0.3 is 6.09 Å². The first-order valence-corrected chi connectivity index (χ1v) is 9.38. The number of rotatable bonds is 4. The highest BCUT2D eigenvalue weighted by molar-refractivity contribution is 14.1. The van der Waals surface area contributed by atoms with Crippen LogP contribution >= 0.6 is 22.6 Å². The minimum atomic E-state index is -0.911. The van der Waals surface area contributed by atoms with Crippen molar-refractivity contribution in [2.45, 2.75) is 13.1 Å². The van der Waals surface area contributed by atoms with Gasteiger partial charge < -0.3 is 19.7 Å². The third-order valence-electron chi connectivity index (χ3n) is 4.53. The van der Waals surface area contributed by atoms with Crippen LogP contribution in [0.1, 0.15) is 11.1 Å². The zero-order valence-corrected chi connectivity index (χ0v) is 16.3. The van der Waals surface area contributed by atoms with Crippen LogP contribution in [0.4, 0.5) is 4.79 Å². The molecule has 0 saturated carbocycles. The van der Waals surface area contributed by atoms with Gasteiger partial charge in [-0.25, -0.2) is 4.79 Å². The summed E-state index contributed by atoms with van der Waals surface area (Å²) in [4.78, 5) is 26.8. The topological polar surface area (TPSA) is 86.0 Å². The van der Waals surface area contributed by atoms with E-state index in [1.165, 1.54) is 9.47 Å². The summed E-state index contributed by atoms with van der Waals surface area (Å²) in [6, 6.07) is 9.63. The molecule has 1 aliphatic heterocycles. The molecule has 0 aliphatic carbocycles. The monoisotopic (exact) mass is 469 g/mol. The Balaban J connectivity index is 1.69. The van der Waals surface area contributed by atoms with Gasteiger partial charge in [0, 0.05) is 48.1 Å². The molecule has 7 nitrogen and oxygen atoms in total. The first kappa shape index (κ1) is 18.7. The molecule has 0 spiro atoms. The Hall–Kier alpha value is -2.07. The smallest absolute Gasteiger partial charge is 0.407 e. The van der Waals surface area contributed by atoms with Crippen molar-refractivity contribution >= 4 is 28.7 Å². The van der Waals surface area contributed by atoms with Crippen LogP contribution in [-0.2, 0) is 13.1 Å². The Bertz CT molecular complexity index is 843. The van der Waals surface area contributed by atoms with Crippen molar-refractivity contribution in [2.75, 3.05) is 26.2 Å². The van der Waals surface area contributed by atoms with Gasteiger partial charge in [-0.15, -0.1) is 0 Å². The number of nitrogens with zero attached hydrogens (tertiary/aromatic N) is 3. The largest absolute Gasteiger partial charge is 0.503 e. The summed E-state index contributed by atoms with van der Waals surface area (Å²) in [6.07, 6.45) is 0.786. The average Bonchev–Trinajstić information content (AvgIpc) is 2.63. The predicted octanol–water partition coefficient (Wildman–Crippen LogP) is 2.00. The van der Waals surface area contributed by atoms with Crippen molar-refractivity contribution in [2.24, 2.45) is 0 Å². The zero-order chi connectivity index (χ0) is 18.7. The first-order chi connectivity index (χ1) is 12.4. The minimum absolute atomic E-state index is 0.237. The number of amides is 1. The Labute approximate surface area is 164 Å². The van der Waals surface area contributed by atoms with Crippen molar-refractivity contribution in [3.05, 3.63) is 61.6 Å². The van der Waals surface area contributed by atoms with Gasteiger partial charge in [-0.3, -0.25) is 9.69 Å². The second-order valence-corrected chi connectivity index (χ2v) is 7.54. The summed E-state index contributed by atoms with van der Waals surface area (Å²) in [5.41, 5.74) is 1.15. The van der Waals surface area contributed by atoms with E-state index in [-0.39, 0.29) is 5.75 Å². The molecule has 1 aliphatic rings. The number of hydrogen-bond donors (Lipinski definition) is 2. The molecular formula is C18H20IN3O4.